The van der Waals surface area contributed by atoms with Gasteiger partial charge in [0.2, 0.25) is 0 Å². The molecule has 0 saturated heterocycles. The molecule has 0 radical (unpaired) electrons. The van der Waals surface area contributed by atoms with Crippen LogP contribution in [-0.4, -0.2) is 17.5 Å². The first kappa shape index (κ1) is 18.3. The van der Waals surface area contributed by atoms with E-state index in [4.69, 9.17) is 4.42 Å². The van der Waals surface area contributed by atoms with E-state index in [0.717, 1.165) is 16.7 Å². The van der Waals surface area contributed by atoms with Gasteiger partial charge in [-0.05, 0) is 36.8 Å². The molecule has 4 rings (SSSR count). The van der Waals surface area contributed by atoms with Gasteiger partial charge in [0.1, 0.15) is 0 Å². The summed E-state index contributed by atoms with van der Waals surface area (Å²) in [4.78, 5) is 0.184. The molecule has 1 unspecified atom stereocenters. The Morgan fingerprint density at radius 1 is 1.14 bits per heavy atom. The summed E-state index contributed by atoms with van der Waals surface area (Å²) in [6.45, 7) is 5.55. The van der Waals surface area contributed by atoms with Crippen molar-refractivity contribution in [2.75, 3.05) is 0 Å². The third-order valence-electron chi connectivity index (χ3n) is 4.78. The van der Waals surface area contributed by atoms with Crippen molar-refractivity contribution < 1.29 is 17.9 Å². The molecule has 6 heteroatoms. The summed E-state index contributed by atoms with van der Waals surface area (Å²) >= 11 is 0. The fourth-order valence-electron chi connectivity index (χ4n) is 3.32. The highest BCUT2D eigenvalue weighted by molar-refractivity contribution is 7.90. The molecule has 0 bridgehead atoms. The molecule has 0 aliphatic heterocycles. The normalized spacial score (nSPS) is 12.9. The second-order valence-corrected chi connectivity index (χ2v) is 8.41. The summed E-state index contributed by atoms with van der Waals surface area (Å²) in [5, 5.41) is 11.1. The predicted octanol–water partition coefficient (Wildman–Crippen LogP) is 4.67. The van der Waals surface area contributed by atoms with Gasteiger partial charge in [-0.2, -0.15) is 0 Å². The fourth-order valence-corrected chi connectivity index (χ4v) is 4.69. The predicted molar refractivity (Wildman–Crippen MR) is 109 cm³/mol. The summed E-state index contributed by atoms with van der Waals surface area (Å²) in [5.41, 5.74) is 3.50. The van der Waals surface area contributed by atoms with E-state index < -0.39 is 16.1 Å². The highest BCUT2D eigenvalue weighted by Crippen LogP contribution is 2.37. The maximum Gasteiger partial charge on any atom is 0.268 e. The molecular weight excluding hydrogens is 374 g/mol. The highest BCUT2D eigenvalue weighted by atomic mass is 32.2. The van der Waals surface area contributed by atoms with E-state index in [0.29, 0.717) is 16.5 Å². The zero-order valence-corrected chi connectivity index (χ0v) is 16.1. The second-order valence-electron chi connectivity index (χ2n) is 6.59. The lowest BCUT2D eigenvalue weighted by Crippen LogP contribution is -2.12. The van der Waals surface area contributed by atoms with Crippen molar-refractivity contribution in [2.45, 2.75) is 17.9 Å². The Morgan fingerprint density at radius 3 is 2.54 bits per heavy atom. The monoisotopic (exact) mass is 393 g/mol. The van der Waals surface area contributed by atoms with Gasteiger partial charge in [0.15, 0.2) is 0 Å². The summed E-state index contributed by atoms with van der Waals surface area (Å²) in [7, 11) is -3.84. The summed E-state index contributed by atoms with van der Waals surface area (Å²) in [6, 6.07) is 13.9. The van der Waals surface area contributed by atoms with Crippen molar-refractivity contribution in [1.82, 2.24) is 3.97 Å². The number of furan rings is 1. The van der Waals surface area contributed by atoms with Gasteiger partial charge in [-0.1, -0.05) is 35.9 Å². The van der Waals surface area contributed by atoms with Gasteiger partial charge in [-0.25, -0.2) is 12.4 Å². The number of aliphatic hydroxyl groups is 1. The van der Waals surface area contributed by atoms with Crippen LogP contribution in [0.25, 0.3) is 22.0 Å². The Kier molecular flexibility index (Phi) is 4.45. The molecule has 0 fully saturated rings. The highest BCUT2D eigenvalue weighted by Gasteiger charge is 2.25. The van der Waals surface area contributed by atoms with Crippen molar-refractivity contribution in [3.05, 3.63) is 91.0 Å². The lowest BCUT2D eigenvalue weighted by atomic mass is 9.99. The zero-order chi connectivity index (χ0) is 19.9. The summed E-state index contributed by atoms with van der Waals surface area (Å²) in [5.74, 6) is 0. The maximum atomic E-state index is 13.3. The molecule has 0 aliphatic carbocycles. The molecule has 1 atom stereocenters. The lowest BCUT2D eigenvalue weighted by Gasteiger charge is -2.09. The van der Waals surface area contributed by atoms with Crippen molar-refractivity contribution >= 4 is 20.9 Å². The van der Waals surface area contributed by atoms with Crippen LogP contribution in [0.4, 0.5) is 0 Å². The minimum atomic E-state index is -3.84. The molecule has 28 heavy (non-hydrogen) atoms. The van der Waals surface area contributed by atoms with Crippen LogP contribution in [0.15, 0.2) is 89.2 Å². The van der Waals surface area contributed by atoms with Crippen molar-refractivity contribution in [2.24, 2.45) is 0 Å². The van der Waals surface area contributed by atoms with E-state index in [1.165, 1.54) is 16.2 Å². The molecule has 4 aromatic rings. The number of benzene rings is 2. The Labute approximate surface area is 163 Å². The Morgan fingerprint density at radius 2 is 1.89 bits per heavy atom. The third-order valence-corrected chi connectivity index (χ3v) is 6.46. The molecule has 0 saturated carbocycles. The second kappa shape index (κ2) is 6.82. The average molecular weight is 393 g/mol. The number of hydrogen-bond acceptors (Lipinski definition) is 4. The maximum absolute atomic E-state index is 13.3. The molecule has 2 heterocycles. The number of aromatic nitrogens is 1. The molecule has 2 aromatic carbocycles. The van der Waals surface area contributed by atoms with Crippen LogP contribution in [-0.2, 0) is 10.0 Å². The van der Waals surface area contributed by atoms with E-state index >= 15 is 0 Å². The zero-order valence-electron chi connectivity index (χ0n) is 15.2. The van der Waals surface area contributed by atoms with Crippen LogP contribution in [0.1, 0.15) is 17.2 Å². The SMILES string of the molecule is C=CC(O)c1cn(S(=O)(=O)c2ccc(C)cc2)c2cccc(-c3ccoc3)c12. The average Bonchev–Trinajstić information content (AvgIpc) is 3.36. The van der Waals surface area contributed by atoms with Gasteiger partial charge in [0.25, 0.3) is 10.0 Å². The number of nitrogens with zero attached hydrogens (tertiary/aromatic N) is 1. The standard InChI is InChI=1S/C22H19NO4S/c1-3-21(24)19-13-23(28(25,26)17-9-7-15(2)8-10-17)20-6-4-5-18(22(19)20)16-11-12-27-14-16/h3-14,21,24H,1H2,2H3. The smallest absolute Gasteiger partial charge is 0.268 e. The first-order chi connectivity index (χ1) is 13.4. The van der Waals surface area contributed by atoms with E-state index in [1.807, 2.05) is 13.0 Å². The Hall–Kier alpha value is -3.09. The molecular formula is C22H19NO4S. The molecule has 0 aliphatic rings. The van der Waals surface area contributed by atoms with Gasteiger partial charge in [-0.3, -0.25) is 0 Å². The van der Waals surface area contributed by atoms with E-state index in [2.05, 4.69) is 6.58 Å². The van der Waals surface area contributed by atoms with Gasteiger partial charge in [0.05, 0.1) is 29.0 Å². The molecule has 1 N–H and O–H groups in total. The third kappa shape index (κ3) is 2.87. The van der Waals surface area contributed by atoms with E-state index in [1.54, 1.807) is 55.0 Å². The van der Waals surface area contributed by atoms with Crippen LogP contribution < -0.4 is 0 Å². The van der Waals surface area contributed by atoms with Crippen LogP contribution in [0, 0.1) is 6.92 Å². The molecule has 0 amide bonds. The van der Waals surface area contributed by atoms with Crippen molar-refractivity contribution in [1.29, 1.82) is 0 Å². The van der Waals surface area contributed by atoms with Gasteiger partial charge >= 0.3 is 0 Å². The van der Waals surface area contributed by atoms with E-state index in [9.17, 15) is 13.5 Å². The van der Waals surface area contributed by atoms with Gasteiger partial charge in [-0.15, -0.1) is 6.58 Å². The topological polar surface area (TPSA) is 72.4 Å². The van der Waals surface area contributed by atoms with Crippen LogP contribution in [0.5, 0.6) is 0 Å². The van der Waals surface area contributed by atoms with Gasteiger partial charge < -0.3 is 9.52 Å². The largest absolute Gasteiger partial charge is 0.472 e. The molecule has 142 valence electrons. The van der Waals surface area contributed by atoms with Crippen LogP contribution >= 0.6 is 0 Å². The number of hydrogen-bond donors (Lipinski definition) is 1. The van der Waals surface area contributed by atoms with Crippen molar-refractivity contribution in [3.8, 4) is 11.1 Å². The number of aliphatic hydroxyl groups excluding tert-OH is 1. The number of aryl methyl sites for hydroxylation is 1. The number of fused-ring (bicyclic) bond motifs is 1. The van der Waals surface area contributed by atoms with Gasteiger partial charge in [0, 0.05) is 22.7 Å². The fraction of sp³-hybridized carbons (Fsp3) is 0.0909. The molecule has 5 nitrogen and oxygen atoms in total. The van der Waals surface area contributed by atoms with E-state index in [-0.39, 0.29) is 4.90 Å². The minimum Gasteiger partial charge on any atom is -0.472 e. The molecule has 2 aromatic heterocycles. The quantitative estimate of drug-likeness (QED) is 0.500. The Balaban J connectivity index is 2.04. The summed E-state index contributed by atoms with van der Waals surface area (Å²) in [6.07, 6.45) is 4.98. The minimum absolute atomic E-state index is 0.184. The van der Waals surface area contributed by atoms with Crippen LogP contribution in [0.3, 0.4) is 0 Å². The summed E-state index contributed by atoms with van der Waals surface area (Å²) < 4.78 is 33.0. The molecule has 0 spiro atoms. The Bertz CT molecular complexity index is 1250. The van der Waals surface area contributed by atoms with Crippen molar-refractivity contribution in [3.63, 3.8) is 0 Å². The first-order valence-electron chi connectivity index (χ1n) is 8.73. The first-order valence-corrected chi connectivity index (χ1v) is 10.2. The number of rotatable bonds is 5. The lowest BCUT2D eigenvalue weighted by molar-refractivity contribution is 0.230. The van der Waals surface area contributed by atoms with Crippen LogP contribution in [0.2, 0.25) is 0 Å².